The van der Waals surface area contributed by atoms with Gasteiger partial charge in [-0.25, -0.2) is 4.39 Å². The predicted molar refractivity (Wildman–Crippen MR) is 147 cm³/mol. The molecular formula is C33H36F2O3. The SMILES string of the molecule is C/C=C/Oc1ccc(-c2ccc(OC(=O)C3CCC(c4ccc(CCCCC)cc4)CC3)cc2)c(F)c1F. The van der Waals surface area contributed by atoms with E-state index in [-0.39, 0.29) is 23.2 Å². The highest BCUT2D eigenvalue weighted by molar-refractivity contribution is 5.75. The van der Waals surface area contributed by atoms with Crippen LogP contribution in [0, 0.1) is 17.6 Å². The highest BCUT2D eigenvalue weighted by Crippen LogP contribution is 2.37. The molecule has 0 aliphatic heterocycles. The van der Waals surface area contributed by atoms with E-state index in [1.165, 1.54) is 48.8 Å². The van der Waals surface area contributed by atoms with Crippen molar-refractivity contribution in [3.05, 3.63) is 95.8 Å². The molecule has 38 heavy (non-hydrogen) atoms. The molecule has 3 aromatic rings. The van der Waals surface area contributed by atoms with Crippen LogP contribution in [0.5, 0.6) is 11.5 Å². The summed E-state index contributed by atoms with van der Waals surface area (Å²) in [5, 5.41) is 0. The lowest BCUT2D eigenvalue weighted by Gasteiger charge is -2.27. The Bertz CT molecular complexity index is 1220. The first-order valence-electron chi connectivity index (χ1n) is 13.7. The summed E-state index contributed by atoms with van der Waals surface area (Å²) in [4.78, 5) is 12.8. The summed E-state index contributed by atoms with van der Waals surface area (Å²) < 4.78 is 39.6. The molecular weight excluding hydrogens is 482 g/mol. The Morgan fingerprint density at radius 2 is 1.61 bits per heavy atom. The number of benzene rings is 3. The van der Waals surface area contributed by atoms with Gasteiger partial charge >= 0.3 is 5.97 Å². The number of ether oxygens (including phenoxy) is 2. The van der Waals surface area contributed by atoms with Crippen molar-refractivity contribution in [3.63, 3.8) is 0 Å². The van der Waals surface area contributed by atoms with E-state index >= 15 is 0 Å². The molecule has 4 rings (SSSR count). The van der Waals surface area contributed by atoms with Crippen molar-refractivity contribution < 1.29 is 23.0 Å². The van der Waals surface area contributed by atoms with Gasteiger partial charge in [-0.05, 0) is 92.3 Å². The van der Waals surface area contributed by atoms with Crippen LogP contribution in [0.25, 0.3) is 11.1 Å². The van der Waals surface area contributed by atoms with E-state index < -0.39 is 11.6 Å². The van der Waals surface area contributed by atoms with E-state index in [0.29, 0.717) is 17.2 Å². The number of allylic oxidation sites excluding steroid dienone is 1. The van der Waals surface area contributed by atoms with Gasteiger partial charge in [0.15, 0.2) is 11.6 Å². The van der Waals surface area contributed by atoms with Crippen LogP contribution in [-0.4, -0.2) is 5.97 Å². The fourth-order valence-electron chi connectivity index (χ4n) is 5.09. The van der Waals surface area contributed by atoms with Crippen molar-refractivity contribution in [1.29, 1.82) is 0 Å². The zero-order chi connectivity index (χ0) is 26.9. The summed E-state index contributed by atoms with van der Waals surface area (Å²) in [5.74, 6) is -1.69. The molecule has 0 radical (unpaired) electrons. The smallest absolute Gasteiger partial charge is 0.314 e. The molecule has 0 atom stereocenters. The summed E-state index contributed by atoms with van der Waals surface area (Å²) >= 11 is 0. The molecule has 0 amide bonds. The molecule has 1 saturated carbocycles. The molecule has 3 aromatic carbocycles. The molecule has 200 valence electrons. The fourth-order valence-corrected chi connectivity index (χ4v) is 5.09. The minimum atomic E-state index is -1.05. The third kappa shape index (κ3) is 6.89. The van der Waals surface area contributed by atoms with Gasteiger partial charge in [-0.2, -0.15) is 4.39 Å². The lowest BCUT2D eigenvalue weighted by molar-refractivity contribution is -0.140. The summed E-state index contributed by atoms with van der Waals surface area (Å²) in [7, 11) is 0. The number of unbranched alkanes of at least 4 members (excludes halogenated alkanes) is 2. The second kappa shape index (κ2) is 13.4. The minimum absolute atomic E-state index is 0.112. The lowest BCUT2D eigenvalue weighted by atomic mass is 9.78. The summed E-state index contributed by atoms with van der Waals surface area (Å²) in [6.45, 7) is 3.94. The van der Waals surface area contributed by atoms with Crippen LogP contribution in [0.2, 0.25) is 0 Å². The van der Waals surface area contributed by atoms with E-state index in [9.17, 15) is 13.6 Å². The Hall–Kier alpha value is -3.47. The second-order valence-electron chi connectivity index (χ2n) is 10.0. The lowest BCUT2D eigenvalue weighted by Crippen LogP contribution is -2.25. The first-order valence-corrected chi connectivity index (χ1v) is 13.7. The van der Waals surface area contributed by atoms with Crippen molar-refractivity contribution >= 4 is 5.97 Å². The van der Waals surface area contributed by atoms with E-state index in [1.807, 2.05) is 0 Å². The van der Waals surface area contributed by atoms with Gasteiger partial charge in [-0.15, -0.1) is 0 Å². The molecule has 5 heteroatoms. The van der Waals surface area contributed by atoms with E-state index in [2.05, 4.69) is 31.2 Å². The summed E-state index contributed by atoms with van der Waals surface area (Å²) in [6.07, 6.45) is 11.3. The van der Waals surface area contributed by atoms with Crippen LogP contribution >= 0.6 is 0 Å². The Morgan fingerprint density at radius 1 is 0.895 bits per heavy atom. The maximum atomic E-state index is 14.6. The molecule has 1 fully saturated rings. The molecule has 0 N–H and O–H groups in total. The quantitative estimate of drug-likeness (QED) is 0.116. The largest absolute Gasteiger partial charge is 0.462 e. The van der Waals surface area contributed by atoms with Gasteiger partial charge in [0, 0.05) is 5.56 Å². The molecule has 3 nitrogen and oxygen atoms in total. The Kier molecular flexibility index (Phi) is 9.69. The number of carbonyl (C=O) groups is 1. The van der Waals surface area contributed by atoms with Crippen LogP contribution in [0.4, 0.5) is 8.78 Å². The molecule has 0 saturated heterocycles. The van der Waals surface area contributed by atoms with Gasteiger partial charge in [0.05, 0.1) is 12.2 Å². The molecule has 1 aliphatic carbocycles. The fraction of sp³-hybridized carbons (Fsp3) is 0.364. The average Bonchev–Trinajstić information content (AvgIpc) is 2.95. The van der Waals surface area contributed by atoms with Crippen LogP contribution in [0.1, 0.15) is 75.8 Å². The van der Waals surface area contributed by atoms with Crippen molar-refractivity contribution in [2.24, 2.45) is 5.92 Å². The van der Waals surface area contributed by atoms with Crippen molar-refractivity contribution in [2.75, 3.05) is 0 Å². The van der Waals surface area contributed by atoms with Crippen LogP contribution < -0.4 is 9.47 Å². The van der Waals surface area contributed by atoms with E-state index in [1.54, 1.807) is 37.3 Å². The monoisotopic (exact) mass is 518 g/mol. The maximum absolute atomic E-state index is 14.6. The summed E-state index contributed by atoms with van der Waals surface area (Å²) in [5.41, 5.74) is 3.35. The molecule has 0 heterocycles. The third-order valence-corrected chi connectivity index (χ3v) is 7.34. The Labute approximate surface area is 224 Å². The zero-order valence-electron chi connectivity index (χ0n) is 22.2. The van der Waals surface area contributed by atoms with Gasteiger partial charge < -0.3 is 9.47 Å². The van der Waals surface area contributed by atoms with Gasteiger partial charge in [-0.1, -0.05) is 62.2 Å². The molecule has 0 spiro atoms. The van der Waals surface area contributed by atoms with Crippen LogP contribution in [-0.2, 0) is 11.2 Å². The number of carbonyl (C=O) groups excluding carboxylic acids is 1. The third-order valence-electron chi connectivity index (χ3n) is 7.34. The predicted octanol–water partition coefficient (Wildman–Crippen LogP) is 9.16. The van der Waals surface area contributed by atoms with E-state index in [4.69, 9.17) is 9.47 Å². The van der Waals surface area contributed by atoms with Crippen molar-refractivity contribution in [3.8, 4) is 22.6 Å². The molecule has 0 aromatic heterocycles. The highest BCUT2D eigenvalue weighted by Gasteiger charge is 2.28. The van der Waals surface area contributed by atoms with Gasteiger partial charge in [0.1, 0.15) is 5.75 Å². The van der Waals surface area contributed by atoms with Crippen LogP contribution in [0.3, 0.4) is 0 Å². The average molecular weight is 519 g/mol. The molecule has 1 aliphatic rings. The minimum Gasteiger partial charge on any atom is -0.462 e. The Balaban J connectivity index is 1.30. The topological polar surface area (TPSA) is 35.5 Å². The normalized spacial score (nSPS) is 17.5. The first kappa shape index (κ1) is 27.6. The van der Waals surface area contributed by atoms with Crippen molar-refractivity contribution in [1.82, 2.24) is 0 Å². The maximum Gasteiger partial charge on any atom is 0.314 e. The number of hydrogen-bond donors (Lipinski definition) is 0. The van der Waals surface area contributed by atoms with Crippen LogP contribution in [0.15, 0.2) is 73.0 Å². The number of hydrogen-bond acceptors (Lipinski definition) is 3. The standard InChI is InChI=1S/C33H36F2O3/c1-3-5-6-7-23-8-10-24(11-9-23)25-12-14-27(15-13-25)33(36)38-28-18-16-26(17-19-28)29-20-21-30(37-22-4-2)32(35)31(29)34/h4,8-11,16-22,25,27H,3,5-7,12-15H2,1-2H3/b22-4+. The zero-order valence-corrected chi connectivity index (χ0v) is 22.2. The van der Waals surface area contributed by atoms with Gasteiger partial charge in [-0.3, -0.25) is 4.79 Å². The molecule has 0 unspecified atom stereocenters. The number of esters is 1. The number of rotatable bonds is 10. The van der Waals surface area contributed by atoms with Gasteiger partial charge in [0.25, 0.3) is 0 Å². The van der Waals surface area contributed by atoms with E-state index in [0.717, 1.165) is 32.1 Å². The molecule has 0 bridgehead atoms. The number of halogens is 2. The summed E-state index contributed by atoms with van der Waals surface area (Å²) in [6, 6.07) is 18.3. The van der Waals surface area contributed by atoms with Gasteiger partial charge in [0.2, 0.25) is 5.82 Å². The first-order chi connectivity index (χ1) is 18.5. The number of aryl methyl sites for hydroxylation is 1. The van der Waals surface area contributed by atoms with Crippen molar-refractivity contribution in [2.45, 2.75) is 71.1 Å². The highest BCUT2D eigenvalue weighted by atomic mass is 19.2. The Morgan fingerprint density at radius 3 is 2.26 bits per heavy atom. The second-order valence-corrected chi connectivity index (χ2v) is 10.0.